The Morgan fingerprint density at radius 2 is 1.76 bits per heavy atom. The van der Waals surface area contributed by atoms with Crippen molar-refractivity contribution >= 4 is 23.0 Å². The number of para-hydroxylation sites is 1. The van der Waals surface area contributed by atoms with Crippen LogP contribution in [-0.4, -0.2) is 49.0 Å². The first-order valence-electron chi connectivity index (χ1n) is 8.13. The number of amides is 1. The van der Waals surface area contributed by atoms with Gasteiger partial charge in [0.2, 0.25) is 0 Å². The van der Waals surface area contributed by atoms with Gasteiger partial charge in [0.15, 0.2) is 0 Å². The van der Waals surface area contributed by atoms with Gasteiger partial charge < -0.3 is 15.1 Å². The molecule has 0 saturated carbocycles. The zero-order valence-corrected chi connectivity index (χ0v) is 14.0. The lowest BCUT2D eigenvalue weighted by Gasteiger charge is -2.33. The first kappa shape index (κ1) is 16.9. The van der Waals surface area contributed by atoms with Gasteiger partial charge in [-0.15, -0.1) is 0 Å². The van der Waals surface area contributed by atoms with Crippen LogP contribution in [0.3, 0.4) is 0 Å². The lowest BCUT2D eigenvalue weighted by Crippen LogP contribution is -2.44. The van der Waals surface area contributed by atoms with Crippen LogP contribution in [0.15, 0.2) is 48.5 Å². The van der Waals surface area contributed by atoms with Crippen molar-refractivity contribution in [2.24, 2.45) is 0 Å². The average molecular weight is 340 g/mol. The molecule has 1 N–H and O–H groups in total. The number of hydrogen-bond donors (Lipinski definition) is 1. The van der Waals surface area contributed by atoms with Crippen LogP contribution in [0.1, 0.15) is 10.4 Å². The molecule has 1 aliphatic rings. The molecule has 1 heterocycles. The van der Waals surface area contributed by atoms with E-state index >= 15 is 0 Å². The number of likely N-dealkylation sites (N-methyl/N-ethyl adjacent to an activating group) is 1. The maximum Gasteiger partial charge on any atom is 0.293 e. The van der Waals surface area contributed by atoms with Crippen molar-refractivity contribution < 1.29 is 9.72 Å². The van der Waals surface area contributed by atoms with Crippen LogP contribution in [0.4, 0.5) is 17.1 Å². The van der Waals surface area contributed by atoms with Crippen molar-refractivity contribution in [3.8, 4) is 0 Å². The number of hydrogen-bond acceptors (Lipinski definition) is 5. The molecule has 0 aromatic heterocycles. The Morgan fingerprint density at radius 3 is 2.40 bits per heavy atom. The summed E-state index contributed by atoms with van der Waals surface area (Å²) in [7, 11) is 2.03. The molecule has 7 nitrogen and oxygen atoms in total. The number of carbonyl (C=O) groups is 1. The molecule has 0 radical (unpaired) electrons. The van der Waals surface area contributed by atoms with Gasteiger partial charge in [0.1, 0.15) is 5.69 Å². The van der Waals surface area contributed by atoms with Gasteiger partial charge in [-0.25, -0.2) is 0 Å². The minimum Gasteiger partial charge on any atom is -0.363 e. The van der Waals surface area contributed by atoms with E-state index in [-0.39, 0.29) is 17.2 Å². The molecule has 2 aromatic carbocycles. The molecule has 0 unspecified atom stereocenters. The lowest BCUT2D eigenvalue weighted by molar-refractivity contribution is -0.384. The number of rotatable bonds is 4. The van der Waals surface area contributed by atoms with Crippen LogP contribution in [0.2, 0.25) is 0 Å². The highest BCUT2D eigenvalue weighted by Gasteiger charge is 2.24. The van der Waals surface area contributed by atoms with Crippen LogP contribution in [0.25, 0.3) is 0 Å². The standard InChI is InChI=1S/C18H20N4O3/c1-20-9-11-21(12-10-20)16-8-7-14(13-17(16)22(24)25)18(23)19-15-5-3-2-4-6-15/h2-8,13H,9-12H2,1H3,(H,19,23). The summed E-state index contributed by atoms with van der Waals surface area (Å²) in [6, 6.07) is 13.7. The highest BCUT2D eigenvalue weighted by Crippen LogP contribution is 2.30. The van der Waals surface area contributed by atoms with Crippen LogP contribution in [0, 0.1) is 10.1 Å². The van der Waals surface area contributed by atoms with Gasteiger partial charge in [0.25, 0.3) is 11.6 Å². The molecular weight excluding hydrogens is 320 g/mol. The highest BCUT2D eigenvalue weighted by atomic mass is 16.6. The fourth-order valence-corrected chi connectivity index (χ4v) is 2.85. The SMILES string of the molecule is CN1CCN(c2ccc(C(=O)Nc3ccccc3)cc2[N+](=O)[O-])CC1. The average Bonchev–Trinajstić information content (AvgIpc) is 2.62. The van der Waals surface area contributed by atoms with Crippen molar-refractivity contribution in [1.82, 2.24) is 4.90 Å². The van der Waals surface area contributed by atoms with Gasteiger partial charge in [-0.2, -0.15) is 0 Å². The lowest BCUT2D eigenvalue weighted by atomic mass is 10.1. The van der Waals surface area contributed by atoms with Gasteiger partial charge in [0.05, 0.1) is 4.92 Å². The zero-order chi connectivity index (χ0) is 17.8. The molecule has 0 aliphatic carbocycles. The molecule has 1 aliphatic heterocycles. The number of piperazine rings is 1. The summed E-state index contributed by atoms with van der Waals surface area (Å²) < 4.78 is 0. The Balaban J connectivity index is 1.83. The number of nitrogens with zero attached hydrogens (tertiary/aromatic N) is 3. The summed E-state index contributed by atoms with van der Waals surface area (Å²) in [5, 5.41) is 14.2. The Morgan fingerprint density at radius 1 is 1.08 bits per heavy atom. The molecule has 130 valence electrons. The van der Waals surface area contributed by atoms with Crippen LogP contribution >= 0.6 is 0 Å². The number of nitro groups is 1. The molecule has 1 amide bonds. The first-order valence-corrected chi connectivity index (χ1v) is 8.13. The summed E-state index contributed by atoms with van der Waals surface area (Å²) in [4.78, 5) is 27.6. The minimum atomic E-state index is -0.424. The predicted octanol–water partition coefficient (Wildman–Crippen LogP) is 2.60. The quantitative estimate of drug-likeness (QED) is 0.684. The number of anilines is 2. The summed E-state index contributed by atoms with van der Waals surface area (Å²) in [6.45, 7) is 3.17. The van der Waals surface area contributed by atoms with E-state index in [2.05, 4.69) is 10.2 Å². The molecule has 1 fully saturated rings. The van der Waals surface area contributed by atoms with E-state index < -0.39 is 4.92 Å². The van der Waals surface area contributed by atoms with Crippen molar-refractivity contribution in [2.45, 2.75) is 0 Å². The smallest absolute Gasteiger partial charge is 0.293 e. The maximum atomic E-state index is 12.4. The van der Waals surface area contributed by atoms with Gasteiger partial charge in [0, 0.05) is 43.5 Å². The molecule has 3 rings (SSSR count). The molecule has 1 saturated heterocycles. The van der Waals surface area contributed by atoms with E-state index in [0.29, 0.717) is 11.4 Å². The fourth-order valence-electron chi connectivity index (χ4n) is 2.85. The van der Waals surface area contributed by atoms with Crippen molar-refractivity contribution in [3.63, 3.8) is 0 Å². The predicted molar refractivity (Wildman–Crippen MR) is 97.2 cm³/mol. The summed E-state index contributed by atoms with van der Waals surface area (Å²) in [6.07, 6.45) is 0. The fraction of sp³-hybridized carbons (Fsp3) is 0.278. The van der Waals surface area contributed by atoms with E-state index in [1.165, 1.54) is 6.07 Å². The van der Waals surface area contributed by atoms with E-state index in [4.69, 9.17) is 0 Å². The van der Waals surface area contributed by atoms with E-state index in [9.17, 15) is 14.9 Å². The third-order valence-electron chi connectivity index (χ3n) is 4.31. The number of nitro benzene ring substituents is 1. The maximum absolute atomic E-state index is 12.4. The Hall–Kier alpha value is -2.93. The second-order valence-electron chi connectivity index (χ2n) is 6.07. The Kier molecular flexibility index (Phi) is 4.95. The van der Waals surface area contributed by atoms with Gasteiger partial charge in [-0.1, -0.05) is 18.2 Å². The van der Waals surface area contributed by atoms with E-state index in [1.54, 1.807) is 24.3 Å². The van der Waals surface area contributed by atoms with Crippen LogP contribution in [0.5, 0.6) is 0 Å². The molecule has 0 bridgehead atoms. The highest BCUT2D eigenvalue weighted by molar-refractivity contribution is 6.05. The molecule has 25 heavy (non-hydrogen) atoms. The summed E-state index contributed by atoms with van der Waals surface area (Å²) in [5.41, 5.74) is 1.45. The van der Waals surface area contributed by atoms with Crippen LogP contribution < -0.4 is 10.2 Å². The number of carbonyl (C=O) groups excluding carboxylic acids is 1. The molecule has 2 aromatic rings. The normalized spacial score (nSPS) is 15.0. The third kappa shape index (κ3) is 3.95. The molecule has 7 heteroatoms. The van der Waals surface area contributed by atoms with E-state index in [0.717, 1.165) is 26.2 Å². The topological polar surface area (TPSA) is 78.7 Å². The summed E-state index contributed by atoms with van der Waals surface area (Å²) in [5.74, 6) is -0.362. The number of benzene rings is 2. The number of nitrogens with one attached hydrogen (secondary N) is 1. The van der Waals surface area contributed by atoms with Crippen molar-refractivity contribution in [3.05, 3.63) is 64.2 Å². The largest absolute Gasteiger partial charge is 0.363 e. The van der Waals surface area contributed by atoms with Crippen molar-refractivity contribution in [2.75, 3.05) is 43.4 Å². The van der Waals surface area contributed by atoms with Crippen molar-refractivity contribution in [1.29, 1.82) is 0 Å². The molecular formula is C18H20N4O3. The van der Waals surface area contributed by atoms with Gasteiger partial charge in [-0.05, 0) is 31.3 Å². The zero-order valence-electron chi connectivity index (χ0n) is 14.0. The summed E-state index contributed by atoms with van der Waals surface area (Å²) >= 11 is 0. The second kappa shape index (κ2) is 7.31. The van der Waals surface area contributed by atoms with Gasteiger partial charge >= 0.3 is 0 Å². The second-order valence-corrected chi connectivity index (χ2v) is 6.07. The monoisotopic (exact) mass is 340 g/mol. The van der Waals surface area contributed by atoms with Gasteiger partial charge in [-0.3, -0.25) is 14.9 Å². The van der Waals surface area contributed by atoms with Crippen LogP contribution in [-0.2, 0) is 0 Å². The molecule has 0 spiro atoms. The third-order valence-corrected chi connectivity index (χ3v) is 4.31. The Bertz CT molecular complexity index is 771. The first-order chi connectivity index (χ1) is 12.0. The Labute approximate surface area is 146 Å². The molecule has 0 atom stereocenters. The minimum absolute atomic E-state index is 0.0368. The van der Waals surface area contributed by atoms with E-state index in [1.807, 2.05) is 30.1 Å².